The summed E-state index contributed by atoms with van der Waals surface area (Å²) in [6.07, 6.45) is 2.14. The molecule has 0 amide bonds. The highest BCUT2D eigenvalue weighted by Crippen LogP contribution is 2.41. The van der Waals surface area contributed by atoms with E-state index < -0.39 is 0 Å². The molecular weight excluding hydrogens is 276 g/mol. The minimum Gasteiger partial charge on any atom is -0.462 e. The van der Waals surface area contributed by atoms with Crippen LogP contribution in [-0.2, 0) is 4.74 Å². The number of carbonyl (C=O) groups is 1. The van der Waals surface area contributed by atoms with Crippen LogP contribution in [-0.4, -0.2) is 24.7 Å². The molecule has 4 nitrogen and oxygen atoms in total. The van der Waals surface area contributed by atoms with E-state index in [2.05, 4.69) is 18.7 Å². The molecule has 0 radical (unpaired) electrons. The van der Waals surface area contributed by atoms with E-state index in [-0.39, 0.29) is 11.5 Å². The summed E-state index contributed by atoms with van der Waals surface area (Å²) in [5.41, 5.74) is 7.45. The zero-order chi connectivity index (χ0) is 14.9. The number of benzene rings is 1. The summed E-state index contributed by atoms with van der Waals surface area (Å²) in [6, 6.07) is 3.33. The number of halogens is 1. The summed E-state index contributed by atoms with van der Waals surface area (Å²) in [5.74, 6) is -0.376. The second-order valence-electron chi connectivity index (χ2n) is 5.69. The van der Waals surface area contributed by atoms with Crippen molar-refractivity contribution < 1.29 is 9.53 Å². The smallest absolute Gasteiger partial charge is 0.340 e. The maximum atomic E-state index is 12.2. The van der Waals surface area contributed by atoms with Crippen molar-refractivity contribution in [3.05, 3.63) is 22.7 Å². The van der Waals surface area contributed by atoms with E-state index in [1.165, 1.54) is 0 Å². The zero-order valence-corrected chi connectivity index (χ0v) is 13.0. The van der Waals surface area contributed by atoms with Crippen LogP contribution in [0, 0.1) is 0 Å². The van der Waals surface area contributed by atoms with Gasteiger partial charge in [0.05, 0.1) is 22.9 Å². The molecule has 0 bridgehead atoms. The molecule has 0 aromatic heterocycles. The summed E-state index contributed by atoms with van der Waals surface area (Å²) in [4.78, 5) is 14.4. The predicted molar refractivity (Wildman–Crippen MR) is 82.5 cm³/mol. The molecule has 0 atom stereocenters. The monoisotopic (exact) mass is 296 g/mol. The first-order chi connectivity index (χ1) is 9.36. The van der Waals surface area contributed by atoms with Crippen molar-refractivity contribution in [1.29, 1.82) is 0 Å². The number of carbonyl (C=O) groups excluding carboxylic acids is 1. The molecule has 1 heterocycles. The highest BCUT2D eigenvalue weighted by atomic mass is 35.5. The normalized spacial score (nSPS) is 17.3. The molecule has 5 heteroatoms. The Hall–Kier alpha value is -1.42. The van der Waals surface area contributed by atoms with Crippen molar-refractivity contribution in [2.24, 2.45) is 0 Å². The van der Waals surface area contributed by atoms with Crippen LogP contribution in [0.25, 0.3) is 0 Å². The molecule has 2 rings (SSSR count). The van der Waals surface area contributed by atoms with E-state index in [1.807, 2.05) is 0 Å². The van der Waals surface area contributed by atoms with Gasteiger partial charge in [-0.2, -0.15) is 0 Å². The van der Waals surface area contributed by atoms with Gasteiger partial charge >= 0.3 is 5.97 Å². The lowest BCUT2D eigenvalue weighted by molar-refractivity contribution is 0.0527. The fourth-order valence-corrected chi connectivity index (χ4v) is 3.11. The third-order valence-electron chi connectivity index (χ3n) is 3.75. The number of esters is 1. The van der Waals surface area contributed by atoms with Gasteiger partial charge < -0.3 is 15.4 Å². The van der Waals surface area contributed by atoms with Crippen molar-refractivity contribution in [2.75, 3.05) is 23.8 Å². The second kappa shape index (κ2) is 5.52. The molecule has 1 aliphatic heterocycles. The Labute approximate surface area is 124 Å². The number of nitrogens with two attached hydrogens (primary N) is 1. The lowest BCUT2D eigenvalue weighted by atomic mass is 10.00. The first kappa shape index (κ1) is 15.0. The number of nitrogen functional groups attached to an aromatic ring is 1. The number of anilines is 2. The maximum absolute atomic E-state index is 12.2. The molecule has 1 saturated heterocycles. The molecule has 0 saturated carbocycles. The molecule has 2 N–H and O–H groups in total. The van der Waals surface area contributed by atoms with Gasteiger partial charge in [-0.25, -0.2) is 4.79 Å². The van der Waals surface area contributed by atoms with Crippen LogP contribution in [0.1, 0.15) is 44.0 Å². The van der Waals surface area contributed by atoms with Gasteiger partial charge in [0.25, 0.3) is 0 Å². The zero-order valence-electron chi connectivity index (χ0n) is 12.2. The predicted octanol–water partition coefficient (Wildman–Crippen LogP) is 3.48. The van der Waals surface area contributed by atoms with Crippen molar-refractivity contribution in [3.63, 3.8) is 0 Å². The fraction of sp³-hybridized carbons (Fsp3) is 0.533. The van der Waals surface area contributed by atoms with E-state index in [1.54, 1.807) is 19.1 Å². The van der Waals surface area contributed by atoms with E-state index in [9.17, 15) is 4.79 Å². The Bertz CT molecular complexity index is 529. The third-order valence-corrected chi connectivity index (χ3v) is 4.04. The van der Waals surface area contributed by atoms with Gasteiger partial charge in [0, 0.05) is 17.8 Å². The molecular formula is C15H21ClN2O2. The molecule has 0 spiro atoms. The van der Waals surface area contributed by atoms with Gasteiger partial charge in [-0.3, -0.25) is 0 Å². The highest BCUT2D eigenvalue weighted by molar-refractivity contribution is 6.34. The van der Waals surface area contributed by atoms with E-state index in [4.69, 9.17) is 22.1 Å². The number of ether oxygens (including phenoxy) is 1. The lowest BCUT2D eigenvalue weighted by Crippen LogP contribution is -2.39. The first-order valence-electron chi connectivity index (χ1n) is 6.90. The molecule has 1 aliphatic rings. The van der Waals surface area contributed by atoms with Crippen LogP contribution in [0.15, 0.2) is 12.1 Å². The van der Waals surface area contributed by atoms with Gasteiger partial charge in [-0.1, -0.05) is 11.6 Å². The molecule has 0 aliphatic carbocycles. The van der Waals surface area contributed by atoms with Crippen molar-refractivity contribution in [3.8, 4) is 0 Å². The number of hydrogen-bond acceptors (Lipinski definition) is 4. The highest BCUT2D eigenvalue weighted by Gasteiger charge is 2.35. The van der Waals surface area contributed by atoms with Crippen LogP contribution in [0.2, 0.25) is 5.02 Å². The fourth-order valence-electron chi connectivity index (χ4n) is 2.78. The summed E-state index contributed by atoms with van der Waals surface area (Å²) in [5, 5.41) is 0.503. The van der Waals surface area contributed by atoms with Crippen LogP contribution < -0.4 is 10.6 Å². The second-order valence-corrected chi connectivity index (χ2v) is 6.09. The van der Waals surface area contributed by atoms with Crippen molar-refractivity contribution >= 4 is 28.9 Å². The Morgan fingerprint density at radius 2 is 2.20 bits per heavy atom. The van der Waals surface area contributed by atoms with Gasteiger partial charge in [0.15, 0.2) is 0 Å². The molecule has 110 valence electrons. The summed E-state index contributed by atoms with van der Waals surface area (Å²) < 4.78 is 5.13. The van der Waals surface area contributed by atoms with Gasteiger partial charge in [0.1, 0.15) is 0 Å². The quantitative estimate of drug-likeness (QED) is 0.685. The third kappa shape index (κ3) is 2.70. The Balaban J connectivity index is 2.53. The largest absolute Gasteiger partial charge is 0.462 e. The summed E-state index contributed by atoms with van der Waals surface area (Å²) in [6.45, 7) is 7.30. The summed E-state index contributed by atoms with van der Waals surface area (Å²) in [7, 11) is 0. The average Bonchev–Trinajstić information content (AvgIpc) is 2.68. The Morgan fingerprint density at radius 1 is 1.50 bits per heavy atom. The number of rotatable bonds is 3. The minimum atomic E-state index is -0.376. The van der Waals surface area contributed by atoms with Crippen molar-refractivity contribution in [2.45, 2.75) is 39.2 Å². The Kier molecular flexibility index (Phi) is 4.14. The molecule has 1 aromatic carbocycles. The molecule has 1 aromatic rings. The lowest BCUT2D eigenvalue weighted by Gasteiger charge is -2.35. The van der Waals surface area contributed by atoms with Gasteiger partial charge in [0.2, 0.25) is 0 Å². The van der Waals surface area contributed by atoms with Crippen LogP contribution >= 0.6 is 11.6 Å². The van der Waals surface area contributed by atoms with Crippen LogP contribution in [0.5, 0.6) is 0 Å². The van der Waals surface area contributed by atoms with E-state index >= 15 is 0 Å². The molecule has 20 heavy (non-hydrogen) atoms. The van der Waals surface area contributed by atoms with E-state index in [0.717, 1.165) is 25.1 Å². The minimum absolute atomic E-state index is 0.0268. The van der Waals surface area contributed by atoms with Crippen LogP contribution in [0.3, 0.4) is 0 Å². The topological polar surface area (TPSA) is 55.6 Å². The molecule has 1 fully saturated rings. The number of hydrogen-bond donors (Lipinski definition) is 1. The first-order valence-corrected chi connectivity index (χ1v) is 7.28. The average molecular weight is 297 g/mol. The summed E-state index contributed by atoms with van der Waals surface area (Å²) >= 11 is 6.36. The number of nitrogens with zero attached hydrogens (tertiary/aromatic N) is 1. The SMILES string of the molecule is CCOC(=O)c1cc(N)cc(Cl)c1N1CCCC1(C)C. The van der Waals surface area contributed by atoms with Gasteiger partial charge in [-0.15, -0.1) is 0 Å². The standard InChI is InChI=1S/C15H21ClN2O2/c1-4-20-14(19)11-8-10(17)9-12(16)13(11)18-7-5-6-15(18,2)3/h8-9H,4-7,17H2,1-3H3. The van der Waals surface area contributed by atoms with Crippen LogP contribution in [0.4, 0.5) is 11.4 Å². The maximum Gasteiger partial charge on any atom is 0.340 e. The van der Waals surface area contributed by atoms with Crippen molar-refractivity contribution in [1.82, 2.24) is 0 Å². The Morgan fingerprint density at radius 3 is 2.75 bits per heavy atom. The van der Waals surface area contributed by atoms with Gasteiger partial charge in [-0.05, 0) is 45.7 Å². The molecule has 0 unspecified atom stereocenters. The van der Waals surface area contributed by atoms with E-state index in [0.29, 0.717) is 22.9 Å².